The molecule has 0 amide bonds. The largest absolute Gasteiger partial charge is 0.308 e. The SMILES string of the molecule is C=C/C=C(\C=C/Cc1cc(Cl)cc(C=NC(=NC)c2ccccc2)c1)c1ccccn1.C=C/C=C\C(C=N)=C/C. The molecule has 0 saturated carbocycles. The van der Waals surface area contributed by atoms with Gasteiger partial charge in [-0.15, -0.1) is 0 Å². The Morgan fingerprint density at radius 2 is 1.77 bits per heavy atom. The molecule has 1 heterocycles. The maximum absolute atomic E-state index is 6.86. The molecule has 0 aliphatic heterocycles. The Bertz CT molecular complexity index is 1430. The monoisotopic (exact) mass is 546 g/mol. The van der Waals surface area contributed by atoms with Crippen LogP contribution in [0, 0.1) is 5.41 Å². The van der Waals surface area contributed by atoms with Crippen molar-refractivity contribution in [1.82, 2.24) is 4.98 Å². The van der Waals surface area contributed by atoms with Crippen LogP contribution in [-0.2, 0) is 6.42 Å². The second kappa shape index (κ2) is 18.6. The number of rotatable bonds is 10. The molecule has 0 fully saturated rings. The highest BCUT2D eigenvalue weighted by Crippen LogP contribution is 2.17. The van der Waals surface area contributed by atoms with Crippen LogP contribution in [0.2, 0.25) is 5.02 Å². The number of halogens is 1. The number of allylic oxidation sites excluding steroid dienone is 10. The number of nitrogens with zero attached hydrogens (tertiary/aromatic N) is 3. The van der Waals surface area contributed by atoms with Crippen LogP contribution in [0.3, 0.4) is 0 Å². The summed E-state index contributed by atoms with van der Waals surface area (Å²) in [5, 5.41) is 7.53. The molecule has 0 aliphatic rings. The lowest BCUT2D eigenvalue weighted by atomic mass is 10.1. The van der Waals surface area contributed by atoms with Gasteiger partial charge in [0.2, 0.25) is 0 Å². The summed E-state index contributed by atoms with van der Waals surface area (Å²) in [6.07, 6.45) is 20.7. The minimum Gasteiger partial charge on any atom is -0.308 e. The second-order valence-corrected chi connectivity index (χ2v) is 8.71. The van der Waals surface area contributed by atoms with Crippen LogP contribution < -0.4 is 0 Å². The van der Waals surface area contributed by atoms with Gasteiger partial charge in [0.15, 0.2) is 5.84 Å². The number of nitrogens with one attached hydrogen (secondary N) is 1. The first-order chi connectivity index (χ1) is 19.5. The fourth-order valence-electron chi connectivity index (χ4n) is 3.47. The van der Waals surface area contributed by atoms with Crippen molar-refractivity contribution in [3.63, 3.8) is 0 Å². The number of benzene rings is 2. The maximum atomic E-state index is 6.86. The lowest BCUT2D eigenvalue weighted by Gasteiger charge is -2.04. The lowest BCUT2D eigenvalue weighted by molar-refractivity contribution is 1.25. The highest BCUT2D eigenvalue weighted by atomic mass is 35.5. The summed E-state index contributed by atoms with van der Waals surface area (Å²) < 4.78 is 0. The Balaban J connectivity index is 0.000000536. The molecule has 0 spiro atoms. The summed E-state index contributed by atoms with van der Waals surface area (Å²) in [5.74, 6) is 0.677. The number of hydrogen-bond acceptors (Lipinski definition) is 3. The molecule has 0 bridgehead atoms. The highest BCUT2D eigenvalue weighted by molar-refractivity contribution is 6.31. The number of amidine groups is 1. The molecule has 3 rings (SSSR count). The van der Waals surface area contributed by atoms with Crippen LogP contribution in [0.1, 0.15) is 29.3 Å². The number of aliphatic imine (C=N–C) groups is 2. The van der Waals surface area contributed by atoms with Crippen LogP contribution in [0.15, 0.2) is 150 Å². The minimum atomic E-state index is 0.675. The van der Waals surface area contributed by atoms with E-state index < -0.39 is 0 Å². The molecule has 4 nitrogen and oxygen atoms in total. The van der Waals surface area contributed by atoms with E-state index in [2.05, 4.69) is 46.3 Å². The lowest BCUT2D eigenvalue weighted by Crippen LogP contribution is -1.98. The van der Waals surface area contributed by atoms with Gasteiger partial charge in [-0.2, -0.15) is 0 Å². The quantitative estimate of drug-likeness (QED) is 0.154. The topological polar surface area (TPSA) is 61.5 Å². The van der Waals surface area contributed by atoms with Crippen molar-refractivity contribution in [3.05, 3.63) is 168 Å². The van der Waals surface area contributed by atoms with Gasteiger partial charge >= 0.3 is 0 Å². The Morgan fingerprint density at radius 1 is 1.00 bits per heavy atom. The average Bonchev–Trinajstić information content (AvgIpc) is 2.99. The third kappa shape index (κ3) is 11.4. The Kier molecular flexibility index (Phi) is 14.6. The summed E-state index contributed by atoms with van der Waals surface area (Å²) >= 11 is 6.35. The van der Waals surface area contributed by atoms with Gasteiger partial charge < -0.3 is 5.41 Å². The van der Waals surface area contributed by atoms with Gasteiger partial charge in [-0.3, -0.25) is 9.98 Å². The summed E-state index contributed by atoms with van der Waals surface area (Å²) in [6, 6.07) is 21.7. The molecule has 1 aromatic heterocycles. The zero-order valence-electron chi connectivity index (χ0n) is 23.0. The summed E-state index contributed by atoms with van der Waals surface area (Å²) in [6.45, 7) is 9.21. The van der Waals surface area contributed by atoms with E-state index in [9.17, 15) is 0 Å². The van der Waals surface area contributed by atoms with Crippen molar-refractivity contribution in [3.8, 4) is 0 Å². The first-order valence-electron chi connectivity index (χ1n) is 12.8. The maximum Gasteiger partial charge on any atom is 0.154 e. The molecule has 0 aliphatic carbocycles. The van der Waals surface area contributed by atoms with E-state index in [0.717, 1.165) is 40.0 Å². The fourth-order valence-corrected chi connectivity index (χ4v) is 3.73. The summed E-state index contributed by atoms with van der Waals surface area (Å²) in [7, 11) is 1.74. The normalized spacial score (nSPS) is 12.4. The molecule has 0 unspecified atom stereocenters. The molecule has 2 aromatic carbocycles. The van der Waals surface area contributed by atoms with Gasteiger partial charge in [0.05, 0.1) is 5.69 Å². The van der Waals surface area contributed by atoms with E-state index in [1.165, 1.54) is 6.21 Å². The Hall–Kier alpha value is -4.67. The standard InChI is InChI=1S/C27H24ClN3.C8H11N/c1-3-10-23(26-15-7-8-16-30-26)14-9-11-21-17-22(19-25(28)18-21)20-31-27(29-2)24-12-5-4-6-13-24;1-3-5-6-8(4-2)7-9/h3-10,12-20H,1,11H2,2H3;3-7,9H,1H2,2H3/b14-9-,23-10+,29-27?,31-20?;6-5-,8-4+,9-7?. The van der Waals surface area contributed by atoms with E-state index in [1.54, 1.807) is 37.7 Å². The van der Waals surface area contributed by atoms with E-state index >= 15 is 0 Å². The number of pyridine rings is 1. The molecule has 0 atom stereocenters. The number of hydrogen-bond donors (Lipinski definition) is 1. The molecule has 5 heteroatoms. The fraction of sp³-hybridized carbons (Fsp3) is 0.0857. The van der Waals surface area contributed by atoms with E-state index in [-0.39, 0.29) is 0 Å². The van der Waals surface area contributed by atoms with E-state index in [1.807, 2.05) is 85.8 Å². The molecule has 0 saturated heterocycles. The van der Waals surface area contributed by atoms with Crippen LogP contribution in [0.5, 0.6) is 0 Å². The van der Waals surface area contributed by atoms with E-state index in [4.69, 9.17) is 17.0 Å². The third-order valence-electron chi connectivity index (χ3n) is 5.39. The van der Waals surface area contributed by atoms with Crippen molar-refractivity contribution >= 4 is 35.4 Å². The van der Waals surface area contributed by atoms with Crippen molar-refractivity contribution in [2.24, 2.45) is 9.98 Å². The summed E-state index contributed by atoms with van der Waals surface area (Å²) in [5.41, 5.74) is 5.81. The van der Waals surface area contributed by atoms with Crippen LogP contribution in [0.25, 0.3) is 5.57 Å². The zero-order valence-corrected chi connectivity index (χ0v) is 23.8. The predicted molar refractivity (Wildman–Crippen MR) is 175 cm³/mol. The smallest absolute Gasteiger partial charge is 0.154 e. The van der Waals surface area contributed by atoms with E-state index in [0.29, 0.717) is 10.9 Å². The summed E-state index contributed by atoms with van der Waals surface area (Å²) in [4.78, 5) is 13.3. The molecule has 40 heavy (non-hydrogen) atoms. The first-order valence-corrected chi connectivity index (χ1v) is 13.1. The molecule has 3 aromatic rings. The first kappa shape index (κ1) is 31.5. The van der Waals surface area contributed by atoms with Crippen LogP contribution in [0.4, 0.5) is 0 Å². The second-order valence-electron chi connectivity index (χ2n) is 8.27. The van der Waals surface area contributed by atoms with Gasteiger partial charge in [0.25, 0.3) is 0 Å². The van der Waals surface area contributed by atoms with Crippen molar-refractivity contribution in [2.75, 3.05) is 7.05 Å². The minimum absolute atomic E-state index is 0.675. The molecule has 1 N–H and O–H groups in total. The molecule has 0 radical (unpaired) electrons. The molecular formula is C35H35ClN4. The Morgan fingerprint density at radius 3 is 2.40 bits per heavy atom. The predicted octanol–water partition coefficient (Wildman–Crippen LogP) is 8.92. The zero-order chi connectivity index (χ0) is 29.0. The third-order valence-corrected chi connectivity index (χ3v) is 5.61. The van der Waals surface area contributed by atoms with Gasteiger partial charge in [-0.1, -0.05) is 110 Å². The van der Waals surface area contributed by atoms with Crippen molar-refractivity contribution in [1.29, 1.82) is 5.41 Å². The van der Waals surface area contributed by atoms with Crippen LogP contribution in [-0.4, -0.2) is 30.3 Å². The average molecular weight is 547 g/mol. The molecule has 202 valence electrons. The highest BCUT2D eigenvalue weighted by Gasteiger charge is 2.02. The van der Waals surface area contributed by atoms with Crippen LogP contribution >= 0.6 is 11.6 Å². The van der Waals surface area contributed by atoms with Crippen molar-refractivity contribution in [2.45, 2.75) is 13.3 Å². The van der Waals surface area contributed by atoms with Gasteiger partial charge in [-0.05, 0) is 65.9 Å². The van der Waals surface area contributed by atoms with Gasteiger partial charge in [0.1, 0.15) is 0 Å². The number of aromatic nitrogens is 1. The van der Waals surface area contributed by atoms with Crippen molar-refractivity contribution < 1.29 is 0 Å². The van der Waals surface area contributed by atoms with Gasteiger partial charge in [0, 0.05) is 36.3 Å². The molecular weight excluding hydrogens is 512 g/mol. The van der Waals surface area contributed by atoms with Gasteiger partial charge in [-0.25, -0.2) is 4.99 Å². The Labute approximate surface area is 243 Å².